The number of benzene rings is 4. The first-order valence-electron chi connectivity index (χ1n) is 11.0. The molecule has 2 aliphatic rings. The molecule has 4 aromatic carbocycles. The van der Waals surface area contributed by atoms with E-state index in [0.717, 1.165) is 0 Å². The molecule has 2 unspecified atom stereocenters. The molecule has 0 N–H and O–H groups in total. The zero-order chi connectivity index (χ0) is 19.9. The van der Waals surface area contributed by atoms with Gasteiger partial charge in [-0.25, -0.2) is 0 Å². The molecule has 30 heavy (non-hydrogen) atoms. The fourth-order valence-corrected chi connectivity index (χ4v) is 5.48. The molecule has 0 saturated heterocycles. The van der Waals surface area contributed by atoms with E-state index in [2.05, 4.69) is 108 Å². The van der Waals surface area contributed by atoms with Crippen LogP contribution in [-0.2, 0) is 0 Å². The molecular weight excluding hydrogens is 362 g/mol. The van der Waals surface area contributed by atoms with Crippen LogP contribution in [0.5, 0.6) is 0 Å². The maximum atomic E-state index is 2.59. The van der Waals surface area contributed by atoms with Crippen LogP contribution in [-0.4, -0.2) is 6.04 Å². The summed E-state index contributed by atoms with van der Waals surface area (Å²) in [5.74, 6) is 0.658. The van der Waals surface area contributed by atoms with Gasteiger partial charge in [-0.05, 0) is 64.6 Å². The van der Waals surface area contributed by atoms with E-state index in [1.54, 1.807) is 0 Å². The predicted octanol–water partition coefficient (Wildman–Crippen LogP) is 7.80. The van der Waals surface area contributed by atoms with Crippen molar-refractivity contribution in [2.24, 2.45) is 0 Å². The van der Waals surface area contributed by atoms with Gasteiger partial charge < -0.3 is 4.90 Å². The number of anilines is 2. The van der Waals surface area contributed by atoms with Crippen molar-refractivity contribution >= 4 is 34.3 Å². The highest BCUT2D eigenvalue weighted by Crippen LogP contribution is 2.52. The lowest BCUT2D eigenvalue weighted by molar-refractivity contribution is 0.642. The van der Waals surface area contributed by atoms with Crippen molar-refractivity contribution in [3.63, 3.8) is 0 Å². The smallest absolute Gasteiger partial charge is 0.0450 e. The molecule has 1 fully saturated rings. The summed E-state index contributed by atoms with van der Waals surface area (Å²) in [5, 5.41) is 2.60. The molecule has 0 amide bonds. The number of rotatable bonds is 3. The van der Waals surface area contributed by atoms with Gasteiger partial charge in [0.2, 0.25) is 0 Å². The van der Waals surface area contributed by atoms with Crippen LogP contribution >= 0.6 is 0 Å². The van der Waals surface area contributed by atoms with Crippen LogP contribution in [0.2, 0.25) is 0 Å². The third kappa shape index (κ3) is 2.85. The first-order chi connectivity index (χ1) is 14.9. The largest absolute Gasteiger partial charge is 0.338 e. The summed E-state index contributed by atoms with van der Waals surface area (Å²) in [5.41, 5.74) is 6.83. The van der Waals surface area contributed by atoms with Gasteiger partial charge in [-0.3, -0.25) is 0 Å². The molecule has 1 nitrogen and oxygen atoms in total. The fraction of sp³-hybridized carbons (Fsp3) is 0.172. The number of fused-ring (bicyclic) bond motifs is 4. The van der Waals surface area contributed by atoms with Gasteiger partial charge in [0.1, 0.15) is 0 Å². The molecule has 6 rings (SSSR count). The van der Waals surface area contributed by atoms with Gasteiger partial charge in [0, 0.05) is 23.3 Å². The van der Waals surface area contributed by atoms with Gasteiger partial charge in [0.05, 0.1) is 0 Å². The first kappa shape index (κ1) is 17.5. The van der Waals surface area contributed by atoms with Crippen molar-refractivity contribution < 1.29 is 0 Å². The third-order valence-electron chi connectivity index (χ3n) is 6.83. The zero-order valence-electron chi connectivity index (χ0n) is 17.0. The van der Waals surface area contributed by atoms with E-state index in [1.807, 2.05) is 0 Å². The van der Waals surface area contributed by atoms with Crippen molar-refractivity contribution in [2.45, 2.75) is 31.2 Å². The highest BCUT2D eigenvalue weighted by Gasteiger charge is 2.41. The summed E-state index contributed by atoms with van der Waals surface area (Å²) < 4.78 is 0. The van der Waals surface area contributed by atoms with E-state index < -0.39 is 0 Å². The van der Waals surface area contributed by atoms with Crippen molar-refractivity contribution in [3.8, 4) is 0 Å². The summed E-state index contributed by atoms with van der Waals surface area (Å²) in [7, 11) is 0. The number of para-hydroxylation sites is 1. The third-order valence-corrected chi connectivity index (χ3v) is 6.83. The average Bonchev–Trinajstić information content (AvgIpc) is 3.39. The van der Waals surface area contributed by atoms with E-state index in [0.29, 0.717) is 12.0 Å². The minimum Gasteiger partial charge on any atom is -0.338 e. The minimum absolute atomic E-state index is 0.611. The molecule has 0 bridgehead atoms. The van der Waals surface area contributed by atoms with E-state index in [1.165, 1.54) is 58.1 Å². The molecule has 4 aromatic rings. The number of hydrogen-bond acceptors (Lipinski definition) is 1. The van der Waals surface area contributed by atoms with Gasteiger partial charge in [0.25, 0.3) is 0 Å². The lowest BCUT2D eigenvalue weighted by Crippen LogP contribution is -2.26. The van der Waals surface area contributed by atoms with Gasteiger partial charge in [-0.15, -0.1) is 0 Å². The molecule has 1 saturated carbocycles. The Morgan fingerprint density at radius 2 is 1.57 bits per heavy atom. The molecular formula is C29H25N. The summed E-state index contributed by atoms with van der Waals surface area (Å²) in [6.07, 6.45) is 8.46. The van der Waals surface area contributed by atoms with Crippen molar-refractivity contribution in [3.05, 3.63) is 108 Å². The monoisotopic (exact) mass is 387 g/mol. The standard InChI is InChI=1S/C29H25N/c1-2-11-24(12-3-1)30-28-15-7-14-26(28)27-20-21(17-19-29(27)30)16-18-23-10-6-9-22-8-4-5-13-25(22)23/h1-6,8-13,16-20,26,28H,7,14-15H2/b18-16+. The van der Waals surface area contributed by atoms with Gasteiger partial charge in [-0.2, -0.15) is 0 Å². The summed E-state index contributed by atoms with van der Waals surface area (Å²) in [6, 6.07) is 33.7. The Kier molecular flexibility index (Phi) is 4.19. The van der Waals surface area contributed by atoms with E-state index >= 15 is 0 Å². The summed E-state index contributed by atoms with van der Waals surface area (Å²) in [6.45, 7) is 0. The second kappa shape index (κ2) is 7.18. The zero-order valence-corrected chi connectivity index (χ0v) is 17.0. The Morgan fingerprint density at radius 3 is 2.50 bits per heavy atom. The van der Waals surface area contributed by atoms with Crippen LogP contribution in [0.15, 0.2) is 91.0 Å². The lowest BCUT2D eigenvalue weighted by atomic mass is 9.95. The topological polar surface area (TPSA) is 3.24 Å². The highest BCUT2D eigenvalue weighted by atomic mass is 15.2. The SMILES string of the molecule is C(=C\c1cccc2ccccc12)/c1ccc2c(c1)C1CCCC1N2c1ccccc1. The first-order valence-corrected chi connectivity index (χ1v) is 11.0. The van der Waals surface area contributed by atoms with Crippen LogP contribution in [0, 0.1) is 0 Å². The predicted molar refractivity (Wildman–Crippen MR) is 128 cm³/mol. The Labute approximate surface area is 178 Å². The Morgan fingerprint density at radius 1 is 0.733 bits per heavy atom. The van der Waals surface area contributed by atoms with Crippen LogP contribution in [0.4, 0.5) is 11.4 Å². The quantitative estimate of drug-likeness (QED) is 0.324. The maximum absolute atomic E-state index is 2.59. The van der Waals surface area contributed by atoms with Crippen LogP contribution in [0.3, 0.4) is 0 Å². The molecule has 2 atom stereocenters. The van der Waals surface area contributed by atoms with Gasteiger partial charge >= 0.3 is 0 Å². The van der Waals surface area contributed by atoms with Gasteiger partial charge in [-0.1, -0.05) is 85.3 Å². The fourth-order valence-electron chi connectivity index (χ4n) is 5.48. The molecule has 0 aromatic heterocycles. The van der Waals surface area contributed by atoms with Crippen LogP contribution < -0.4 is 4.90 Å². The Balaban J connectivity index is 1.38. The van der Waals surface area contributed by atoms with Crippen molar-refractivity contribution in [2.75, 3.05) is 4.90 Å². The van der Waals surface area contributed by atoms with Crippen LogP contribution in [0.1, 0.15) is 41.9 Å². The van der Waals surface area contributed by atoms with Crippen molar-refractivity contribution in [1.82, 2.24) is 0 Å². The average molecular weight is 388 g/mol. The molecule has 1 aliphatic carbocycles. The Hall–Kier alpha value is -3.32. The van der Waals surface area contributed by atoms with Gasteiger partial charge in [0.15, 0.2) is 0 Å². The maximum Gasteiger partial charge on any atom is 0.0450 e. The number of nitrogens with zero attached hydrogens (tertiary/aromatic N) is 1. The van der Waals surface area contributed by atoms with E-state index in [4.69, 9.17) is 0 Å². The van der Waals surface area contributed by atoms with Crippen molar-refractivity contribution in [1.29, 1.82) is 0 Å². The molecule has 1 aliphatic heterocycles. The number of hydrogen-bond donors (Lipinski definition) is 0. The Bertz CT molecular complexity index is 1230. The second-order valence-electron chi connectivity index (χ2n) is 8.53. The minimum atomic E-state index is 0.611. The summed E-state index contributed by atoms with van der Waals surface area (Å²) in [4.78, 5) is 2.59. The molecule has 1 heteroatoms. The van der Waals surface area contributed by atoms with Crippen LogP contribution in [0.25, 0.3) is 22.9 Å². The molecule has 0 radical (unpaired) electrons. The second-order valence-corrected chi connectivity index (χ2v) is 8.53. The summed E-state index contributed by atoms with van der Waals surface area (Å²) >= 11 is 0. The lowest BCUT2D eigenvalue weighted by Gasteiger charge is -2.27. The van der Waals surface area contributed by atoms with E-state index in [-0.39, 0.29) is 0 Å². The molecule has 146 valence electrons. The normalized spacial score (nSPS) is 20.1. The highest BCUT2D eigenvalue weighted by molar-refractivity contribution is 5.93. The molecule has 1 heterocycles. The van der Waals surface area contributed by atoms with E-state index in [9.17, 15) is 0 Å². The molecule has 0 spiro atoms.